The van der Waals surface area contributed by atoms with E-state index in [1.807, 2.05) is 4.90 Å². The Labute approximate surface area is 89.0 Å². The highest BCUT2D eigenvalue weighted by atomic mass is 16.2. The number of nitrogens with two attached hydrogens (primary N) is 1. The quantitative estimate of drug-likeness (QED) is 0.597. The Bertz CT molecular complexity index is 272. The first-order valence-corrected chi connectivity index (χ1v) is 5.50. The number of hydrogen-bond donors (Lipinski definition) is 2. The van der Waals surface area contributed by atoms with Crippen LogP contribution in [0.25, 0.3) is 0 Å². The van der Waals surface area contributed by atoms with Gasteiger partial charge in [-0.1, -0.05) is 0 Å². The molecule has 2 heterocycles. The maximum atomic E-state index is 11.9. The van der Waals surface area contributed by atoms with E-state index in [2.05, 4.69) is 5.32 Å². The van der Waals surface area contributed by atoms with E-state index in [-0.39, 0.29) is 23.9 Å². The monoisotopic (exact) mass is 211 g/mol. The van der Waals surface area contributed by atoms with Crippen LogP contribution in [0.1, 0.15) is 25.7 Å². The summed E-state index contributed by atoms with van der Waals surface area (Å²) in [4.78, 5) is 24.7. The zero-order valence-electron chi connectivity index (χ0n) is 8.74. The molecular formula is C10H17N3O2. The molecule has 2 aliphatic heterocycles. The molecule has 5 nitrogen and oxygen atoms in total. The molecule has 2 rings (SSSR count). The molecule has 0 radical (unpaired) electrons. The van der Waals surface area contributed by atoms with Crippen LogP contribution in [-0.2, 0) is 9.59 Å². The summed E-state index contributed by atoms with van der Waals surface area (Å²) < 4.78 is 0. The van der Waals surface area contributed by atoms with Gasteiger partial charge in [0, 0.05) is 25.6 Å². The van der Waals surface area contributed by atoms with Crippen LogP contribution in [-0.4, -0.2) is 41.9 Å². The van der Waals surface area contributed by atoms with E-state index in [9.17, 15) is 9.59 Å². The number of nitrogens with zero attached hydrogens (tertiary/aromatic N) is 1. The van der Waals surface area contributed by atoms with Crippen molar-refractivity contribution in [3.8, 4) is 0 Å². The Kier molecular flexibility index (Phi) is 2.90. The van der Waals surface area contributed by atoms with Gasteiger partial charge in [-0.2, -0.15) is 0 Å². The van der Waals surface area contributed by atoms with Gasteiger partial charge in [-0.3, -0.25) is 9.59 Å². The summed E-state index contributed by atoms with van der Waals surface area (Å²) in [5.74, 6) is 0.0508. The second kappa shape index (κ2) is 4.18. The normalized spacial score (nSPS) is 27.9. The Hall–Kier alpha value is -1.10. The minimum Gasteiger partial charge on any atom is -0.344 e. The minimum absolute atomic E-state index is 0.0120. The Balaban J connectivity index is 1.88. The second-order valence-electron chi connectivity index (χ2n) is 4.32. The molecule has 2 saturated heterocycles. The molecule has 0 aromatic heterocycles. The van der Waals surface area contributed by atoms with Gasteiger partial charge < -0.3 is 16.0 Å². The van der Waals surface area contributed by atoms with Crippen molar-refractivity contribution in [2.45, 2.75) is 37.8 Å². The molecule has 1 atom stereocenters. The Morgan fingerprint density at radius 2 is 2.00 bits per heavy atom. The zero-order valence-corrected chi connectivity index (χ0v) is 8.74. The van der Waals surface area contributed by atoms with Gasteiger partial charge in [0.1, 0.15) is 6.04 Å². The van der Waals surface area contributed by atoms with Crippen molar-refractivity contribution in [1.29, 1.82) is 0 Å². The van der Waals surface area contributed by atoms with Crippen molar-refractivity contribution in [2.24, 2.45) is 5.73 Å². The average Bonchev–Trinajstić information content (AvgIpc) is 2.65. The molecule has 3 N–H and O–H groups in total. The predicted octanol–water partition coefficient (Wildman–Crippen LogP) is -0.785. The van der Waals surface area contributed by atoms with Crippen molar-refractivity contribution in [2.75, 3.05) is 13.1 Å². The maximum Gasteiger partial charge on any atom is 0.245 e. The van der Waals surface area contributed by atoms with E-state index in [4.69, 9.17) is 5.73 Å². The third-order valence-corrected chi connectivity index (χ3v) is 3.14. The van der Waals surface area contributed by atoms with Gasteiger partial charge >= 0.3 is 0 Å². The number of hydrogen-bond acceptors (Lipinski definition) is 3. The summed E-state index contributed by atoms with van der Waals surface area (Å²) in [6, 6.07) is -0.0564. The van der Waals surface area contributed by atoms with Crippen molar-refractivity contribution in [1.82, 2.24) is 10.2 Å². The molecule has 0 unspecified atom stereocenters. The molecule has 0 aromatic rings. The van der Waals surface area contributed by atoms with Gasteiger partial charge in [-0.25, -0.2) is 0 Å². The SMILES string of the molecule is NC1CCN(C(=O)[C@@H]2CCC(=O)N2)CC1. The predicted molar refractivity (Wildman–Crippen MR) is 55.0 cm³/mol. The third-order valence-electron chi connectivity index (χ3n) is 3.14. The fraction of sp³-hybridized carbons (Fsp3) is 0.800. The molecular weight excluding hydrogens is 194 g/mol. The van der Waals surface area contributed by atoms with Crippen LogP contribution in [0, 0.1) is 0 Å². The van der Waals surface area contributed by atoms with E-state index in [1.54, 1.807) is 0 Å². The van der Waals surface area contributed by atoms with Gasteiger partial charge in [-0.05, 0) is 19.3 Å². The highest BCUT2D eigenvalue weighted by molar-refractivity contribution is 5.90. The van der Waals surface area contributed by atoms with E-state index < -0.39 is 0 Å². The summed E-state index contributed by atoms with van der Waals surface area (Å²) in [6.07, 6.45) is 2.85. The molecule has 0 saturated carbocycles. The van der Waals surface area contributed by atoms with Crippen molar-refractivity contribution in [3.05, 3.63) is 0 Å². The van der Waals surface area contributed by atoms with Crippen LogP contribution in [0.2, 0.25) is 0 Å². The second-order valence-corrected chi connectivity index (χ2v) is 4.32. The van der Waals surface area contributed by atoms with Crippen molar-refractivity contribution in [3.63, 3.8) is 0 Å². The lowest BCUT2D eigenvalue weighted by molar-refractivity contribution is -0.135. The summed E-state index contributed by atoms with van der Waals surface area (Å²) in [7, 11) is 0. The molecule has 5 heteroatoms. The molecule has 2 aliphatic rings. The van der Waals surface area contributed by atoms with Gasteiger partial charge in [-0.15, -0.1) is 0 Å². The number of rotatable bonds is 1. The zero-order chi connectivity index (χ0) is 10.8. The van der Waals surface area contributed by atoms with Crippen molar-refractivity contribution >= 4 is 11.8 Å². The largest absolute Gasteiger partial charge is 0.344 e. The molecule has 15 heavy (non-hydrogen) atoms. The first-order valence-electron chi connectivity index (χ1n) is 5.50. The molecule has 2 amide bonds. The lowest BCUT2D eigenvalue weighted by atomic mass is 10.0. The topological polar surface area (TPSA) is 75.4 Å². The van der Waals surface area contributed by atoms with Crippen LogP contribution in [0.15, 0.2) is 0 Å². The van der Waals surface area contributed by atoms with E-state index >= 15 is 0 Å². The van der Waals surface area contributed by atoms with E-state index in [0.717, 1.165) is 25.9 Å². The number of nitrogens with one attached hydrogen (secondary N) is 1. The Morgan fingerprint density at radius 3 is 2.53 bits per heavy atom. The van der Waals surface area contributed by atoms with E-state index in [1.165, 1.54) is 0 Å². The van der Waals surface area contributed by atoms with Crippen molar-refractivity contribution < 1.29 is 9.59 Å². The van der Waals surface area contributed by atoms with E-state index in [0.29, 0.717) is 12.8 Å². The third kappa shape index (κ3) is 2.28. The van der Waals surface area contributed by atoms with Gasteiger partial charge in [0.2, 0.25) is 11.8 Å². The molecule has 2 fully saturated rings. The molecule has 0 spiro atoms. The summed E-state index contributed by atoms with van der Waals surface area (Å²) in [5, 5.41) is 2.70. The van der Waals surface area contributed by atoms with Gasteiger partial charge in [0.25, 0.3) is 0 Å². The first kappa shape index (κ1) is 10.4. The standard InChI is InChI=1S/C10H17N3O2/c11-7-3-5-13(6-4-7)10(15)8-1-2-9(14)12-8/h7-8H,1-6,11H2,(H,12,14)/t8-/m0/s1. The van der Waals surface area contributed by atoms with Crippen LogP contribution >= 0.6 is 0 Å². The fourth-order valence-corrected chi connectivity index (χ4v) is 2.14. The number of likely N-dealkylation sites (tertiary alicyclic amines) is 1. The highest BCUT2D eigenvalue weighted by Crippen LogP contribution is 2.14. The number of carbonyl (C=O) groups is 2. The smallest absolute Gasteiger partial charge is 0.245 e. The summed E-state index contributed by atoms with van der Waals surface area (Å²) in [5.41, 5.74) is 5.76. The molecule has 0 aliphatic carbocycles. The summed E-state index contributed by atoms with van der Waals surface area (Å²) in [6.45, 7) is 1.46. The first-order chi connectivity index (χ1) is 7.16. The molecule has 0 bridgehead atoms. The number of piperidine rings is 1. The lowest BCUT2D eigenvalue weighted by Crippen LogP contribution is -2.49. The summed E-state index contributed by atoms with van der Waals surface area (Å²) >= 11 is 0. The van der Waals surface area contributed by atoms with Crippen LogP contribution < -0.4 is 11.1 Å². The lowest BCUT2D eigenvalue weighted by Gasteiger charge is -2.31. The highest BCUT2D eigenvalue weighted by Gasteiger charge is 2.31. The molecule has 0 aromatic carbocycles. The van der Waals surface area contributed by atoms with Crippen LogP contribution in [0.4, 0.5) is 0 Å². The van der Waals surface area contributed by atoms with Gasteiger partial charge in [0.05, 0.1) is 0 Å². The Morgan fingerprint density at radius 1 is 1.33 bits per heavy atom. The van der Waals surface area contributed by atoms with Gasteiger partial charge in [0.15, 0.2) is 0 Å². The average molecular weight is 211 g/mol. The fourth-order valence-electron chi connectivity index (χ4n) is 2.14. The molecule has 84 valence electrons. The maximum absolute atomic E-state index is 11.9. The number of amides is 2. The number of carbonyl (C=O) groups excluding carboxylic acids is 2. The minimum atomic E-state index is -0.285. The van der Waals surface area contributed by atoms with Crippen LogP contribution in [0.5, 0.6) is 0 Å². The van der Waals surface area contributed by atoms with Crippen LogP contribution in [0.3, 0.4) is 0 Å².